The van der Waals surface area contributed by atoms with Crippen LogP contribution in [0.1, 0.15) is 32.6 Å². The first-order chi connectivity index (χ1) is 9.85. The summed E-state index contributed by atoms with van der Waals surface area (Å²) in [5, 5.41) is 3.37. The van der Waals surface area contributed by atoms with E-state index in [1.54, 1.807) is 0 Å². The summed E-state index contributed by atoms with van der Waals surface area (Å²) in [5.74, 6) is 0.257. The molecule has 7 heteroatoms. The summed E-state index contributed by atoms with van der Waals surface area (Å²) in [7, 11) is -1.47. The van der Waals surface area contributed by atoms with E-state index in [2.05, 4.69) is 10.2 Å². The third kappa shape index (κ3) is 4.93. The number of carbonyl (C=O) groups excluding carboxylic acids is 1. The predicted molar refractivity (Wildman–Crippen MR) is 80.9 cm³/mol. The Hall–Kier alpha value is -0.660. The van der Waals surface area contributed by atoms with E-state index < -0.39 is 15.4 Å². The van der Waals surface area contributed by atoms with Crippen molar-refractivity contribution in [1.29, 1.82) is 0 Å². The summed E-state index contributed by atoms with van der Waals surface area (Å²) < 4.78 is 28.2. The summed E-state index contributed by atoms with van der Waals surface area (Å²) in [6, 6.07) is 0.415. The number of nitrogens with one attached hydrogen (secondary N) is 1. The molecule has 0 amide bonds. The van der Waals surface area contributed by atoms with Crippen LogP contribution in [0.3, 0.4) is 0 Å². The van der Waals surface area contributed by atoms with Crippen LogP contribution in [0.15, 0.2) is 0 Å². The molecule has 0 radical (unpaired) electrons. The van der Waals surface area contributed by atoms with Gasteiger partial charge in [0.15, 0.2) is 9.84 Å². The molecule has 0 aromatic heterocycles. The Kier molecular flexibility index (Phi) is 5.27. The molecule has 6 nitrogen and oxygen atoms in total. The molecule has 2 rings (SSSR count). The minimum absolute atomic E-state index is 0.220. The molecule has 1 heterocycles. The second-order valence-electron chi connectivity index (χ2n) is 6.34. The fourth-order valence-corrected chi connectivity index (χ4v) is 4.04. The van der Waals surface area contributed by atoms with Crippen molar-refractivity contribution in [3.8, 4) is 0 Å². The summed E-state index contributed by atoms with van der Waals surface area (Å²) in [6.07, 6.45) is 3.52. The average molecular weight is 318 g/mol. The quantitative estimate of drug-likeness (QED) is 0.704. The van der Waals surface area contributed by atoms with Crippen LogP contribution in [0.25, 0.3) is 0 Å². The summed E-state index contributed by atoms with van der Waals surface area (Å²) in [5.41, 5.74) is -0.679. The number of hydrogen-bond donors (Lipinski definition) is 1. The molecule has 0 spiro atoms. The van der Waals surface area contributed by atoms with Crippen molar-refractivity contribution in [2.45, 2.75) is 44.2 Å². The van der Waals surface area contributed by atoms with E-state index in [1.165, 1.54) is 7.11 Å². The fraction of sp³-hybridized carbons (Fsp3) is 0.929. The van der Waals surface area contributed by atoms with Gasteiger partial charge in [-0.05, 0) is 39.2 Å². The molecule has 122 valence electrons. The van der Waals surface area contributed by atoms with Crippen LogP contribution in [-0.2, 0) is 19.4 Å². The first kappa shape index (κ1) is 16.7. The molecule has 2 aliphatic rings. The van der Waals surface area contributed by atoms with E-state index in [0.29, 0.717) is 32.0 Å². The zero-order chi connectivity index (χ0) is 15.5. The standard InChI is InChI=1S/C14H26N2O4S/c1-14(13(17)20-2,15-12-4-5-12)6-8-16-7-3-10-21(18,19)11-9-16/h12,15H,3-11H2,1-2H3. The number of hydrogen-bond acceptors (Lipinski definition) is 6. The van der Waals surface area contributed by atoms with Gasteiger partial charge in [-0.3, -0.25) is 10.1 Å². The van der Waals surface area contributed by atoms with Crippen LogP contribution in [-0.4, -0.2) is 69.1 Å². The molecular weight excluding hydrogens is 292 g/mol. The second-order valence-corrected chi connectivity index (χ2v) is 8.64. The molecule has 1 N–H and O–H groups in total. The first-order valence-electron chi connectivity index (χ1n) is 7.63. The maximum atomic E-state index is 12.0. The van der Waals surface area contributed by atoms with Crippen molar-refractivity contribution in [1.82, 2.24) is 10.2 Å². The smallest absolute Gasteiger partial charge is 0.325 e. The van der Waals surface area contributed by atoms with E-state index in [1.807, 2.05) is 6.92 Å². The largest absolute Gasteiger partial charge is 0.468 e. The lowest BCUT2D eigenvalue weighted by Gasteiger charge is -2.31. The molecule has 0 bridgehead atoms. The molecule has 1 atom stereocenters. The third-order valence-electron chi connectivity index (χ3n) is 4.31. The predicted octanol–water partition coefficient (Wildman–Crippen LogP) is 0.181. The van der Waals surface area contributed by atoms with Crippen LogP contribution in [0.2, 0.25) is 0 Å². The Bertz CT molecular complexity index is 475. The monoisotopic (exact) mass is 318 g/mol. The Morgan fingerprint density at radius 2 is 2.05 bits per heavy atom. The lowest BCUT2D eigenvalue weighted by atomic mass is 9.97. The van der Waals surface area contributed by atoms with Gasteiger partial charge in [-0.15, -0.1) is 0 Å². The van der Waals surface area contributed by atoms with Gasteiger partial charge in [0.25, 0.3) is 0 Å². The maximum Gasteiger partial charge on any atom is 0.325 e. The van der Waals surface area contributed by atoms with Crippen LogP contribution >= 0.6 is 0 Å². The lowest BCUT2D eigenvalue weighted by Crippen LogP contribution is -2.53. The number of methoxy groups -OCH3 is 1. The van der Waals surface area contributed by atoms with Gasteiger partial charge in [0.2, 0.25) is 0 Å². The highest BCUT2D eigenvalue weighted by Gasteiger charge is 2.39. The lowest BCUT2D eigenvalue weighted by molar-refractivity contribution is -0.148. The van der Waals surface area contributed by atoms with Crippen molar-refractivity contribution in [2.24, 2.45) is 0 Å². The number of rotatable bonds is 6. The SMILES string of the molecule is COC(=O)C(C)(CCN1CCCS(=O)(=O)CC1)NC1CC1. The van der Waals surface area contributed by atoms with E-state index in [9.17, 15) is 13.2 Å². The summed E-state index contributed by atoms with van der Waals surface area (Å²) in [4.78, 5) is 14.2. The highest BCUT2D eigenvalue weighted by molar-refractivity contribution is 7.91. The number of esters is 1. The van der Waals surface area contributed by atoms with Gasteiger partial charge in [-0.25, -0.2) is 8.42 Å². The van der Waals surface area contributed by atoms with Crippen molar-refractivity contribution in [2.75, 3.05) is 38.2 Å². The van der Waals surface area contributed by atoms with Crippen LogP contribution in [0.5, 0.6) is 0 Å². The molecule has 1 saturated heterocycles. The van der Waals surface area contributed by atoms with Crippen molar-refractivity contribution < 1.29 is 17.9 Å². The average Bonchev–Trinajstić information content (AvgIpc) is 3.24. The fourth-order valence-electron chi connectivity index (χ4n) is 2.73. The Balaban J connectivity index is 1.90. The van der Waals surface area contributed by atoms with Crippen molar-refractivity contribution >= 4 is 15.8 Å². The molecule has 0 aromatic carbocycles. The molecule has 2 fully saturated rings. The second kappa shape index (κ2) is 6.62. The first-order valence-corrected chi connectivity index (χ1v) is 9.46. The molecule has 1 aliphatic heterocycles. The van der Waals surface area contributed by atoms with E-state index in [0.717, 1.165) is 19.4 Å². The number of nitrogens with zero attached hydrogens (tertiary/aromatic N) is 1. The zero-order valence-electron chi connectivity index (χ0n) is 12.9. The van der Waals surface area contributed by atoms with Crippen molar-refractivity contribution in [3.63, 3.8) is 0 Å². The van der Waals surface area contributed by atoms with Gasteiger partial charge in [0.05, 0.1) is 18.6 Å². The van der Waals surface area contributed by atoms with Gasteiger partial charge in [0, 0.05) is 19.1 Å². The Morgan fingerprint density at radius 3 is 2.67 bits per heavy atom. The van der Waals surface area contributed by atoms with Gasteiger partial charge in [-0.1, -0.05) is 0 Å². The number of sulfone groups is 1. The highest BCUT2D eigenvalue weighted by atomic mass is 32.2. The van der Waals surface area contributed by atoms with Crippen LogP contribution < -0.4 is 5.32 Å². The number of ether oxygens (including phenoxy) is 1. The third-order valence-corrected chi connectivity index (χ3v) is 6.03. The normalized spacial score (nSPS) is 25.8. The Labute approximate surface area is 127 Å². The van der Waals surface area contributed by atoms with Gasteiger partial charge in [0.1, 0.15) is 5.54 Å². The highest BCUT2D eigenvalue weighted by Crippen LogP contribution is 2.25. The minimum atomic E-state index is -2.88. The van der Waals surface area contributed by atoms with E-state index >= 15 is 0 Å². The summed E-state index contributed by atoms with van der Waals surface area (Å²) >= 11 is 0. The Morgan fingerprint density at radius 1 is 1.33 bits per heavy atom. The van der Waals surface area contributed by atoms with E-state index in [-0.39, 0.29) is 17.5 Å². The molecule has 0 aromatic rings. The molecule has 1 saturated carbocycles. The van der Waals surface area contributed by atoms with Crippen molar-refractivity contribution in [3.05, 3.63) is 0 Å². The minimum Gasteiger partial charge on any atom is -0.468 e. The van der Waals surface area contributed by atoms with Gasteiger partial charge in [-0.2, -0.15) is 0 Å². The molecule has 1 unspecified atom stereocenters. The topological polar surface area (TPSA) is 75.7 Å². The zero-order valence-corrected chi connectivity index (χ0v) is 13.7. The van der Waals surface area contributed by atoms with Gasteiger partial charge < -0.3 is 9.64 Å². The number of carbonyl (C=O) groups is 1. The van der Waals surface area contributed by atoms with E-state index in [4.69, 9.17) is 4.74 Å². The van der Waals surface area contributed by atoms with Crippen LogP contribution in [0, 0.1) is 0 Å². The molecule has 1 aliphatic carbocycles. The van der Waals surface area contributed by atoms with Gasteiger partial charge >= 0.3 is 5.97 Å². The molecular formula is C14H26N2O4S. The summed E-state index contributed by atoms with van der Waals surface area (Å²) in [6.45, 7) is 3.93. The van der Waals surface area contributed by atoms with Crippen LogP contribution in [0.4, 0.5) is 0 Å². The maximum absolute atomic E-state index is 12.0. The molecule has 21 heavy (non-hydrogen) atoms.